The van der Waals surface area contributed by atoms with E-state index in [0.717, 1.165) is 25.7 Å². The van der Waals surface area contributed by atoms with Crippen molar-refractivity contribution < 1.29 is 38.6 Å². The van der Waals surface area contributed by atoms with E-state index in [-0.39, 0.29) is 25.1 Å². The number of methoxy groups -OCH3 is 1. The maximum atomic E-state index is 14.0. The molecule has 0 bridgehead atoms. The Balaban J connectivity index is 3.48. The van der Waals surface area contributed by atoms with Crippen molar-refractivity contribution in [1.29, 1.82) is 0 Å². The second-order valence-corrected chi connectivity index (χ2v) is 10.4. The zero-order chi connectivity index (χ0) is 30.3. The van der Waals surface area contributed by atoms with Crippen molar-refractivity contribution in [2.75, 3.05) is 20.2 Å². The van der Waals surface area contributed by atoms with Crippen LogP contribution in [-0.2, 0) is 28.7 Å². The number of phenolic OH excluding ortho intramolecular Hbond substituents is 1. The lowest BCUT2D eigenvalue weighted by atomic mass is 10.0. The summed E-state index contributed by atoms with van der Waals surface area (Å²) >= 11 is 0. The number of amides is 4. The van der Waals surface area contributed by atoms with Crippen molar-refractivity contribution in [3.05, 3.63) is 29.8 Å². The van der Waals surface area contributed by atoms with Crippen LogP contribution in [0.5, 0.6) is 5.75 Å². The second-order valence-electron chi connectivity index (χ2n) is 10.4. The van der Waals surface area contributed by atoms with Crippen LogP contribution >= 0.6 is 0 Å². The van der Waals surface area contributed by atoms with Gasteiger partial charge in [-0.3, -0.25) is 19.2 Å². The third-order valence-electron chi connectivity index (χ3n) is 5.86. The average Bonchev–Trinajstić information content (AvgIpc) is 2.88. The normalized spacial score (nSPS) is 12.5. The highest BCUT2D eigenvalue weighted by Crippen LogP contribution is 2.26. The van der Waals surface area contributed by atoms with Gasteiger partial charge in [0.15, 0.2) is 0 Å². The Hall–Kier alpha value is -3.83. The third kappa shape index (κ3) is 12.8. The number of benzene rings is 1. The maximum Gasteiger partial charge on any atom is 0.408 e. The molecule has 2 atom stereocenters. The maximum absolute atomic E-state index is 14.0. The predicted octanol–water partition coefficient (Wildman–Crippen LogP) is 2.68. The number of unbranched alkanes of at least 4 members (excludes halogenated alkanes) is 4. The number of aromatic hydroxyl groups is 1. The Labute approximate surface area is 235 Å². The number of primary amides is 1. The number of alkyl carbamates (subject to hydrolysis) is 1. The van der Waals surface area contributed by atoms with Crippen LogP contribution in [0.2, 0.25) is 0 Å². The number of nitrogens with one attached hydrogen (secondary N) is 2. The topological polar surface area (TPSA) is 177 Å². The van der Waals surface area contributed by atoms with Crippen LogP contribution in [0.1, 0.15) is 84.2 Å². The summed E-state index contributed by atoms with van der Waals surface area (Å²) in [4.78, 5) is 64.7. The highest BCUT2D eigenvalue weighted by atomic mass is 16.6. The van der Waals surface area contributed by atoms with E-state index in [2.05, 4.69) is 22.3 Å². The van der Waals surface area contributed by atoms with Crippen molar-refractivity contribution in [2.24, 2.45) is 5.73 Å². The number of nitrogens with two attached hydrogens (primary N) is 1. The van der Waals surface area contributed by atoms with E-state index in [1.54, 1.807) is 20.8 Å². The van der Waals surface area contributed by atoms with Crippen LogP contribution in [0.15, 0.2) is 24.3 Å². The van der Waals surface area contributed by atoms with Crippen molar-refractivity contribution in [3.8, 4) is 5.75 Å². The molecule has 0 aliphatic carbocycles. The minimum Gasteiger partial charge on any atom is -0.508 e. The van der Waals surface area contributed by atoms with Gasteiger partial charge >= 0.3 is 12.1 Å². The summed E-state index contributed by atoms with van der Waals surface area (Å²) in [5.41, 5.74) is 4.86. The highest BCUT2D eigenvalue weighted by Gasteiger charge is 2.36. The molecule has 0 aliphatic heterocycles. The Morgan fingerprint density at radius 1 is 1.02 bits per heavy atom. The van der Waals surface area contributed by atoms with Crippen LogP contribution in [0, 0.1) is 0 Å². The van der Waals surface area contributed by atoms with Crippen LogP contribution in [0.3, 0.4) is 0 Å². The zero-order valence-electron chi connectivity index (χ0n) is 24.2. The first-order valence-electron chi connectivity index (χ1n) is 13.5. The molecule has 1 aromatic rings. The minimum absolute atomic E-state index is 0.0409. The first-order valence-corrected chi connectivity index (χ1v) is 13.5. The summed E-state index contributed by atoms with van der Waals surface area (Å²) in [6.07, 6.45) is 3.11. The van der Waals surface area contributed by atoms with E-state index in [1.807, 2.05) is 0 Å². The molecule has 0 aromatic heterocycles. The quantitative estimate of drug-likeness (QED) is 0.175. The monoisotopic (exact) mass is 564 g/mol. The summed E-state index contributed by atoms with van der Waals surface area (Å²) in [5.74, 6) is -2.68. The fourth-order valence-corrected chi connectivity index (χ4v) is 3.90. The standard InChI is InChI=1S/C28H44N4O8/c1-6-7-8-9-10-17-32(26(37)21(15-16-22(29)34)31-27(38)40-28(2,3)4)24(19-11-13-20(33)14-12-19)25(36)30-18-23(35)39-5/h11-14,21,24,33H,6-10,15-18H2,1-5H3,(H2,29,34)(H,30,36)(H,31,38). The molecule has 0 radical (unpaired) electrons. The molecule has 1 aromatic carbocycles. The van der Waals surface area contributed by atoms with Gasteiger partial charge in [-0.1, -0.05) is 44.7 Å². The molecule has 40 heavy (non-hydrogen) atoms. The summed E-state index contributed by atoms with van der Waals surface area (Å²) in [6.45, 7) is 6.80. The third-order valence-corrected chi connectivity index (χ3v) is 5.86. The zero-order valence-corrected chi connectivity index (χ0v) is 24.2. The van der Waals surface area contributed by atoms with Gasteiger partial charge in [-0.25, -0.2) is 4.79 Å². The number of nitrogens with zero attached hydrogens (tertiary/aromatic N) is 1. The van der Waals surface area contributed by atoms with Crippen LogP contribution < -0.4 is 16.4 Å². The van der Waals surface area contributed by atoms with E-state index in [4.69, 9.17) is 10.5 Å². The number of rotatable bonds is 16. The van der Waals surface area contributed by atoms with Gasteiger partial charge in [0.05, 0.1) is 7.11 Å². The van der Waals surface area contributed by atoms with Gasteiger partial charge in [0.1, 0.15) is 30.0 Å². The van der Waals surface area contributed by atoms with Gasteiger partial charge in [-0.15, -0.1) is 0 Å². The van der Waals surface area contributed by atoms with Crippen molar-refractivity contribution in [1.82, 2.24) is 15.5 Å². The Morgan fingerprint density at radius 3 is 2.20 bits per heavy atom. The average molecular weight is 565 g/mol. The predicted molar refractivity (Wildman–Crippen MR) is 148 cm³/mol. The molecule has 5 N–H and O–H groups in total. The number of ether oxygens (including phenoxy) is 2. The molecule has 1 rings (SSSR count). The Bertz CT molecular complexity index is 991. The summed E-state index contributed by atoms with van der Waals surface area (Å²) in [7, 11) is 1.18. The molecule has 0 fully saturated rings. The van der Waals surface area contributed by atoms with E-state index in [9.17, 15) is 29.1 Å². The second kappa shape index (κ2) is 17.0. The number of carbonyl (C=O) groups is 5. The Kier molecular flexibility index (Phi) is 14.5. The van der Waals surface area contributed by atoms with E-state index in [1.165, 1.54) is 36.3 Å². The molecule has 0 saturated heterocycles. The van der Waals surface area contributed by atoms with Crippen molar-refractivity contribution >= 4 is 29.8 Å². The minimum atomic E-state index is -1.23. The SMILES string of the molecule is CCCCCCCN(C(=O)C(CCC(N)=O)NC(=O)OC(C)(C)C)C(C(=O)NCC(=O)OC)c1ccc(O)cc1. The van der Waals surface area contributed by atoms with Crippen LogP contribution in [0.25, 0.3) is 0 Å². The van der Waals surface area contributed by atoms with Gasteiger partial charge in [0.2, 0.25) is 17.7 Å². The lowest BCUT2D eigenvalue weighted by Gasteiger charge is -2.34. The smallest absolute Gasteiger partial charge is 0.408 e. The molecule has 0 aliphatic rings. The molecular formula is C28H44N4O8. The number of esters is 1. The molecule has 0 saturated carbocycles. The lowest BCUT2D eigenvalue weighted by molar-refractivity contribution is -0.145. The van der Waals surface area contributed by atoms with E-state index < -0.39 is 54.0 Å². The van der Waals surface area contributed by atoms with Crippen molar-refractivity contribution in [3.63, 3.8) is 0 Å². The molecule has 12 nitrogen and oxygen atoms in total. The molecule has 4 amide bonds. The van der Waals surface area contributed by atoms with Crippen LogP contribution in [0.4, 0.5) is 4.79 Å². The van der Waals surface area contributed by atoms with Gasteiger partial charge in [0.25, 0.3) is 0 Å². The molecule has 12 heteroatoms. The summed E-state index contributed by atoms with van der Waals surface area (Å²) in [6, 6.07) is 3.29. The Morgan fingerprint density at radius 2 is 1.65 bits per heavy atom. The number of carbonyl (C=O) groups excluding carboxylic acids is 5. The first kappa shape index (κ1) is 34.2. The number of hydrogen-bond donors (Lipinski definition) is 4. The van der Waals surface area contributed by atoms with E-state index >= 15 is 0 Å². The fourth-order valence-electron chi connectivity index (χ4n) is 3.90. The molecule has 224 valence electrons. The van der Waals surface area contributed by atoms with Gasteiger partial charge in [-0.2, -0.15) is 0 Å². The molecular weight excluding hydrogens is 520 g/mol. The van der Waals surface area contributed by atoms with Crippen molar-refractivity contribution in [2.45, 2.75) is 90.3 Å². The van der Waals surface area contributed by atoms with Gasteiger partial charge in [0, 0.05) is 13.0 Å². The number of hydrogen-bond acceptors (Lipinski definition) is 8. The lowest BCUT2D eigenvalue weighted by Crippen LogP contribution is -2.53. The van der Waals surface area contributed by atoms with Crippen LogP contribution in [-0.4, -0.2) is 71.6 Å². The van der Waals surface area contributed by atoms with E-state index in [0.29, 0.717) is 12.0 Å². The summed E-state index contributed by atoms with van der Waals surface area (Å²) < 4.78 is 9.93. The summed E-state index contributed by atoms with van der Waals surface area (Å²) in [5, 5.41) is 14.8. The van der Waals surface area contributed by atoms with Gasteiger partial charge < -0.3 is 35.8 Å². The first-order chi connectivity index (χ1) is 18.8. The fraction of sp³-hybridized carbons (Fsp3) is 0.607. The van der Waals surface area contributed by atoms with Gasteiger partial charge in [-0.05, 0) is 51.3 Å². The highest BCUT2D eigenvalue weighted by molar-refractivity contribution is 5.93. The molecule has 0 spiro atoms. The number of phenols is 1. The molecule has 2 unspecified atom stereocenters. The molecule has 0 heterocycles. The largest absolute Gasteiger partial charge is 0.508 e.